The fourth-order valence-corrected chi connectivity index (χ4v) is 1.86. The molecule has 2 N–H and O–H groups in total. The van der Waals surface area contributed by atoms with E-state index in [1.165, 1.54) is 6.42 Å². The van der Waals surface area contributed by atoms with E-state index in [2.05, 4.69) is 12.2 Å². The Balaban J connectivity index is 1.88. The molecule has 0 heterocycles. The van der Waals surface area contributed by atoms with Gasteiger partial charge in [0.05, 0.1) is 19.3 Å². The van der Waals surface area contributed by atoms with E-state index >= 15 is 0 Å². The minimum atomic E-state index is -0.463. The minimum Gasteiger partial charge on any atom is -0.389 e. The average molecular weight is 295 g/mol. The van der Waals surface area contributed by atoms with Gasteiger partial charge < -0.3 is 19.9 Å². The van der Waals surface area contributed by atoms with Gasteiger partial charge in [-0.2, -0.15) is 0 Å². The third-order valence-corrected chi connectivity index (χ3v) is 3.09. The van der Waals surface area contributed by atoms with Crippen LogP contribution in [0.15, 0.2) is 30.3 Å². The molecule has 1 rings (SSSR count). The van der Waals surface area contributed by atoms with Gasteiger partial charge in [0, 0.05) is 19.8 Å². The fourth-order valence-electron chi connectivity index (χ4n) is 1.86. The van der Waals surface area contributed by atoms with Crippen molar-refractivity contribution in [2.24, 2.45) is 0 Å². The summed E-state index contributed by atoms with van der Waals surface area (Å²) in [5.74, 6) is 0. The largest absolute Gasteiger partial charge is 0.389 e. The summed E-state index contributed by atoms with van der Waals surface area (Å²) < 4.78 is 11.0. The molecule has 0 aliphatic rings. The molecule has 0 fully saturated rings. The number of hydrogen-bond donors (Lipinski definition) is 2. The van der Waals surface area contributed by atoms with Crippen molar-refractivity contribution in [1.82, 2.24) is 5.32 Å². The van der Waals surface area contributed by atoms with Gasteiger partial charge in [-0.3, -0.25) is 0 Å². The number of aliphatic hydroxyl groups is 1. The van der Waals surface area contributed by atoms with Crippen molar-refractivity contribution in [3.05, 3.63) is 35.9 Å². The van der Waals surface area contributed by atoms with Gasteiger partial charge in [-0.15, -0.1) is 0 Å². The molecule has 21 heavy (non-hydrogen) atoms. The summed E-state index contributed by atoms with van der Waals surface area (Å²) in [6.45, 7) is 6.12. The summed E-state index contributed by atoms with van der Waals surface area (Å²) in [6.07, 6.45) is 2.81. The third kappa shape index (κ3) is 10.4. The molecule has 120 valence electrons. The Labute approximate surface area is 128 Å². The Morgan fingerprint density at radius 2 is 1.86 bits per heavy atom. The van der Waals surface area contributed by atoms with Crippen molar-refractivity contribution in [3.8, 4) is 0 Å². The summed E-state index contributed by atoms with van der Waals surface area (Å²) in [5.41, 5.74) is 1.13. The molecule has 0 saturated heterocycles. The van der Waals surface area contributed by atoms with E-state index in [4.69, 9.17) is 9.47 Å². The van der Waals surface area contributed by atoms with Gasteiger partial charge in [-0.1, -0.05) is 43.7 Å². The van der Waals surface area contributed by atoms with Gasteiger partial charge in [-0.05, 0) is 24.9 Å². The number of ether oxygens (including phenoxy) is 2. The molecule has 0 amide bonds. The predicted octanol–water partition coefficient (Wildman–Crippen LogP) is 2.36. The van der Waals surface area contributed by atoms with E-state index in [1.807, 2.05) is 30.3 Å². The highest BCUT2D eigenvalue weighted by Crippen LogP contribution is 2.00. The molecule has 1 aromatic carbocycles. The summed E-state index contributed by atoms with van der Waals surface area (Å²) >= 11 is 0. The average Bonchev–Trinajstić information content (AvgIpc) is 2.51. The van der Waals surface area contributed by atoms with E-state index < -0.39 is 6.10 Å². The quantitative estimate of drug-likeness (QED) is 0.549. The van der Waals surface area contributed by atoms with Gasteiger partial charge >= 0.3 is 0 Å². The summed E-state index contributed by atoms with van der Waals surface area (Å²) in [7, 11) is 0. The van der Waals surface area contributed by atoms with Crippen molar-refractivity contribution in [2.75, 3.05) is 32.9 Å². The van der Waals surface area contributed by atoms with E-state index in [0.717, 1.165) is 38.2 Å². The van der Waals surface area contributed by atoms with E-state index in [9.17, 15) is 5.11 Å². The lowest BCUT2D eigenvalue weighted by molar-refractivity contribution is 0.0286. The zero-order chi connectivity index (χ0) is 15.2. The standard InChI is InChI=1S/C17H29NO3/c1-2-3-11-20-12-7-10-18-13-17(19)15-21-14-16-8-5-4-6-9-16/h4-6,8-9,17-19H,2-3,7,10-15H2,1H3. The van der Waals surface area contributed by atoms with Crippen LogP contribution in [-0.4, -0.2) is 44.1 Å². The minimum absolute atomic E-state index is 0.356. The van der Waals surface area contributed by atoms with Crippen molar-refractivity contribution in [2.45, 2.75) is 38.9 Å². The van der Waals surface area contributed by atoms with Crippen LogP contribution in [-0.2, 0) is 16.1 Å². The Kier molecular flexibility index (Phi) is 11.0. The maximum absolute atomic E-state index is 9.78. The first-order valence-electron chi connectivity index (χ1n) is 7.91. The fraction of sp³-hybridized carbons (Fsp3) is 0.647. The summed E-state index contributed by atoms with van der Waals surface area (Å²) in [5, 5.41) is 13.0. The third-order valence-electron chi connectivity index (χ3n) is 3.09. The second-order valence-electron chi connectivity index (χ2n) is 5.18. The maximum atomic E-state index is 9.78. The Morgan fingerprint density at radius 3 is 2.62 bits per heavy atom. The molecular formula is C17H29NO3. The van der Waals surface area contributed by atoms with Crippen LogP contribution in [0.3, 0.4) is 0 Å². The zero-order valence-corrected chi connectivity index (χ0v) is 13.1. The van der Waals surface area contributed by atoms with E-state index in [1.54, 1.807) is 0 Å². The van der Waals surface area contributed by atoms with Crippen molar-refractivity contribution >= 4 is 0 Å². The number of hydrogen-bond acceptors (Lipinski definition) is 4. The normalized spacial score (nSPS) is 12.5. The molecule has 0 bridgehead atoms. The monoisotopic (exact) mass is 295 g/mol. The molecule has 4 heteroatoms. The lowest BCUT2D eigenvalue weighted by atomic mass is 10.2. The number of aliphatic hydroxyl groups excluding tert-OH is 1. The molecule has 1 atom stereocenters. The van der Waals surface area contributed by atoms with Gasteiger partial charge in [0.15, 0.2) is 0 Å². The van der Waals surface area contributed by atoms with Gasteiger partial charge in [-0.25, -0.2) is 0 Å². The van der Waals surface area contributed by atoms with Crippen molar-refractivity contribution in [3.63, 3.8) is 0 Å². The van der Waals surface area contributed by atoms with Crippen LogP contribution in [0, 0.1) is 0 Å². The molecule has 0 aromatic heterocycles. The summed E-state index contributed by atoms with van der Waals surface area (Å²) in [6, 6.07) is 9.99. The van der Waals surface area contributed by atoms with Crippen LogP contribution in [0.1, 0.15) is 31.7 Å². The molecule has 0 spiro atoms. The van der Waals surface area contributed by atoms with Gasteiger partial charge in [0.25, 0.3) is 0 Å². The second kappa shape index (κ2) is 12.8. The molecular weight excluding hydrogens is 266 g/mol. The number of rotatable bonds is 13. The van der Waals surface area contributed by atoms with Crippen LogP contribution in [0.5, 0.6) is 0 Å². The van der Waals surface area contributed by atoms with Crippen LogP contribution in [0.25, 0.3) is 0 Å². The van der Waals surface area contributed by atoms with E-state index in [-0.39, 0.29) is 0 Å². The van der Waals surface area contributed by atoms with Crippen molar-refractivity contribution < 1.29 is 14.6 Å². The highest BCUT2D eigenvalue weighted by Gasteiger charge is 2.03. The first-order chi connectivity index (χ1) is 10.3. The molecule has 1 aromatic rings. The maximum Gasteiger partial charge on any atom is 0.0897 e. The van der Waals surface area contributed by atoms with Crippen LogP contribution >= 0.6 is 0 Å². The SMILES string of the molecule is CCCCOCCCNCC(O)COCc1ccccc1. The molecule has 0 saturated carbocycles. The van der Waals surface area contributed by atoms with Gasteiger partial charge in [0.1, 0.15) is 0 Å². The Morgan fingerprint density at radius 1 is 1.10 bits per heavy atom. The number of unbranched alkanes of at least 4 members (excludes halogenated alkanes) is 1. The van der Waals surface area contributed by atoms with Gasteiger partial charge in [0.2, 0.25) is 0 Å². The Hall–Kier alpha value is -0.940. The smallest absolute Gasteiger partial charge is 0.0897 e. The highest BCUT2D eigenvalue weighted by molar-refractivity contribution is 5.13. The number of nitrogens with one attached hydrogen (secondary N) is 1. The lowest BCUT2D eigenvalue weighted by Crippen LogP contribution is -2.31. The molecule has 1 unspecified atom stereocenters. The molecule has 4 nitrogen and oxygen atoms in total. The summed E-state index contributed by atoms with van der Waals surface area (Å²) in [4.78, 5) is 0. The molecule has 0 radical (unpaired) electrons. The first kappa shape index (κ1) is 18.1. The van der Waals surface area contributed by atoms with E-state index in [0.29, 0.717) is 19.8 Å². The van der Waals surface area contributed by atoms with Crippen LogP contribution < -0.4 is 5.32 Å². The Bertz CT molecular complexity index is 332. The van der Waals surface area contributed by atoms with Crippen LogP contribution in [0.2, 0.25) is 0 Å². The van der Waals surface area contributed by atoms with Crippen LogP contribution in [0.4, 0.5) is 0 Å². The molecule has 0 aliphatic heterocycles. The second-order valence-corrected chi connectivity index (χ2v) is 5.18. The molecule has 0 aliphatic carbocycles. The zero-order valence-electron chi connectivity index (χ0n) is 13.1. The highest BCUT2D eigenvalue weighted by atomic mass is 16.5. The predicted molar refractivity (Wildman–Crippen MR) is 85.3 cm³/mol. The first-order valence-corrected chi connectivity index (χ1v) is 7.91. The lowest BCUT2D eigenvalue weighted by Gasteiger charge is -2.12. The topological polar surface area (TPSA) is 50.7 Å². The number of benzene rings is 1. The van der Waals surface area contributed by atoms with Crippen molar-refractivity contribution in [1.29, 1.82) is 0 Å².